The minimum atomic E-state index is 0.272. The second-order valence-corrected chi connectivity index (χ2v) is 5.08. The Morgan fingerprint density at radius 3 is 2.71 bits per heavy atom. The largest absolute Gasteiger partial charge is 0.490 e. The van der Waals surface area contributed by atoms with E-state index in [4.69, 9.17) is 4.74 Å². The van der Waals surface area contributed by atoms with E-state index in [1.165, 1.54) is 19.3 Å². The van der Waals surface area contributed by atoms with Crippen LogP contribution in [0, 0.1) is 0 Å². The number of carbonyl (C=O) groups is 1. The third-order valence-corrected chi connectivity index (χ3v) is 3.88. The van der Waals surface area contributed by atoms with Crippen LogP contribution >= 0.6 is 0 Å². The molecule has 17 heavy (non-hydrogen) atoms. The van der Waals surface area contributed by atoms with Crippen molar-refractivity contribution < 1.29 is 9.53 Å². The van der Waals surface area contributed by atoms with Crippen LogP contribution in [-0.4, -0.2) is 11.9 Å². The first-order chi connectivity index (χ1) is 8.34. The van der Waals surface area contributed by atoms with Crippen molar-refractivity contribution >= 4 is 5.78 Å². The second-order valence-electron chi connectivity index (χ2n) is 5.08. The normalized spacial score (nSPS) is 20.4. The summed E-state index contributed by atoms with van der Waals surface area (Å²) in [6.07, 6.45) is 8.10. The zero-order chi connectivity index (χ0) is 11.7. The van der Waals surface area contributed by atoms with Crippen LogP contribution in [0.2, 0.25) is 0 Å². The Kier molecular flexibility index (Phi) is 2.87. The van der Waals surface area contributed by atoms with E-state index in [0.717, 1.165) is 36.1 Å². The molecular formula is C15H18O2. The fourth-order valence-electron chi connectivity index (χ4n) is 2.93. The molecule has 0 unspecified atom stereocenters. The van der Waals surface area contributed by atoms with Gasteiger partial charge < -0.3 is 4.74 Å². The van der Waals surface area contributed by atoms with E-state index in [-0.39, 0.29) is 5.78 Å². The molecule has 0 amide bonds. The van der Waals surface area contributed by atoms with Crippen LogP contribution in [0.4, 0.5) is 0 Å². The van der Waals surface area contributed by atoms with Crippen LogP contribution in [-0.2, 0) is 6.42 Å². The highest BCUT2D eigenvalue weighted by molar-refractivity contribution is 6.01. The molecule has 1 aromatic carbocycles. The van der Waals surface area contributed by atoms with Gasteiger partial charge in [0.1, 0.15) is 5.75 Å². The van der Waals surface area contributed by atoms with E-state index >= 15 is 0 Å². The molecule has 2 nitrogen and oxygen atoms in total. The Morgan fingerprint density at radius 2 is 1.88 bits per heavy atom. The SMILES string of the molecule is O=C1CCc2c(OC3CCCCC3)cccc21. The molecule has 2 aliphatic rings. The number of hydrogen-bond acceptors (Lipinski definition) is 2. The zero-order valence-corrected chi connectivity index (χ0v) is 10.1. The highest BCUT2D eigenvalue weighted by atomic mass is 16.5. The Morgan fingerprint density at radius 1 is 1.06 bits per heavy atom. The molecule has 2 aliphatic carbocycles. The highest BCUT2D eigenvalue weighted by Gasteiger charge is 2.24. The molecule has 0 aromatic heterocycles. The van der Waals surface area contributed by atoms with Crippen molar-refractivity contribution in [1.29, 1.82) is 0 Å². The van der Waals surface area contributed by atoms with Crippen LogP contribution in [0.15, 0.2) is 18.2 Å². The number of ketones is 1. The van der Waals surface area contributed by atoms with E-state index in [9.17, 15) is 4.79 Å². The van der Waals surface area contributed by atoms with Gasteiger partial charge in [0.15, 0.2) is 5.78 Å². The van der Waals surface area contributed by atoms with Crippen molar-refractivity contribution in [3.05, 3.63) is 29.3 Å². The summed E-state index contributed by atoms with van der Waals surface area (Å²) in [5, 5.41) is 0. The molecular weight excluding hydrogens is 212 g/mol. The van der Waals surface area contributed by atoms with E-state index < -0.39 is 0 Å². The van der Waals surface area contributed by atoms with Crippen LogP contribution in [0.3, 0.4) is 0 Å². The topological polar surface area (TPSA) is 26.3 Å². The van der Waals surface area contributed by atoms with Gasteiger partial charge in [0.05, 0.1) is 6.10 Å². The third-order valence-electron chi connectivity index (χ3n) is 3.88. The summed E-state index contributed by atoms with van der Waals surface area (Å²) in [6.45, 7) is 0. The summed E-state index contributed by atoms with van der Waals surface area (Å²) in [4.78, 5) is 11.7. The summed E-state index contributed by atoms with van der Waals surface area (Å²) >= 11 is 0. The van der Waals surface area contributed by atoms with Gasteiger partial charge in [0.2, 0.25) is 0 Å². The summed E-state index contributed by atoms with van der Waals surface area (Å²) in [5.41, 5.74) is 2.03. The summed E-state index contributed by atoms with van der Waals surface area (Å²) in [7, 11) is 0. The molecule has 1 saturated carbocycles. The molecule has 2 heteroatoms. The van der Waals surface area contributed by atoms with Gasteiger partial charge in [-0.15, -0.1) is 0 Å². The van der Waals surface area contributed by atoms with Crippen LogP contribution in [0.1, 0.15) is 54.4 Å². The summed E-state index contributed by atoms with van der Waals surface area (Å²) in [6, 6.07) is 5.89. The number of Topliss-reactive ketones (excluding diaryl/α,β-unsaturated/α-hetero) is 1. The third kappa shape index (κ3) is 2.08. The van der Waals surface area contributed by atoms with Gasteiger partial charge in [-0.05, 0) is 38.2 Å². The van der Waals surface area contributed by atoms with Crippen molar-refractivity contribution in [2.75, 3.05) is 0 Å². The van der Waals surface area contributed by atoms with Crippen LogP contribution in [0.25, 0.3) is 0 Å². The monoisotopic (exact) mass is 230 g/mol. The lowest BCUT2D eigenvalue weighted by Gasteiger charge is -2.24. The maximum Gasteiger partial charge on any atom is 0.163 e. The number of carbonyl (C=O) groups excluding carboxylic acids is 1. The second kappa shape index (κ2) is 4.52. The van der Waals surface area contributed by atoms with Crippen molar-refractivity contribution in [3.63, 3.8) is 0 Å². The highest BCUT2D eigenvalue weighted by Crippen LogP contribution is 2.32. The first-order valence-electron chi connectivity index (χ1n) is 6.66. The van der Waals surface area contributed by atoms with Gasteiger partial charge >= 0.3 is 0 Å². The predicted octanol–water partition coefficient (Wildman–Crippen LogP) is 3.53. The molecule has 0 spiro atoms. The number of hydrogen-bond donors (Lipinski definition) is 0. The van der Waals surface area contributed by atoms with E-state index in [0.29, 0.717) is 12.5 Å². The average molecular weight is 230 g/mol. The molecule has 0 aliphatic heterocycles. The van der Waals surface area contributed by atoms with Gasteiger partial charge in [-0.1, -0.05) is 18.6 Å². The molecule has 0 atom stereocenters. The molecule has 0 saturated heterocycles. The molecule has 1 fully saturated rings. The molecule has 0 bridgehead atoms. The maximum absolute atomic E-state index is 11.7. The number of fused-ring (bicyclic) bond motifs is 1. The fraction of sp³-hybridized carbons (Fsp3) is 0.533. The number of rotatable bonds is 2. The Hall–Kier alpha value is -1.31. The fourth-order valence-corrected chi connectivity index (χ4v) is 2.93. The lowest BCUT2D eigenvalue weighted by Crippen LogP contribution is -2.20. The standard InChI is InChI=1S/C15H18O2/c16-14-10-9-13-12(14)7-4-8-15(13)17-11-5-2-1-3-6-11/h4,7-8,11H,1-3,5-6,9-10H2. The molecule has 0 radical (unpaired) electrons. The van der Waals surface area contributed by atoms with E-state index in [2.05, 4.69) is 0 Å². The molecule has 0 heterocycles. The van der Waals surface area contributed by atoms with Crippen molar-refractivity contribution in [2.45, 2.75) is 51.0 Å². The van der Waals surface area contributed by atoms with Crippen molar-refractivity contribution in [2.24, 2.45) is 0 Å². The van der Waals surface area contributed by atoms with Gasteiger partial charge in [-0.2, -0.15) is 0 Å². The number of ether oxygens (including phenoxy) is 1. The Balaban J connectivity index is 1.81. The van der Waals surface area contributed by atoms with Gasteiger partial charge in [-0.25, -0.2) is 0 Å². The zero-order valence-electron chi connectivity index (χ0n) is 10.1. The summed E-state index contributed by atoms with van der Waals surface area (Å²) < 4.78 is 6.09. The minimum Gasteiger partial charge on any atom is -0.490 e. The van der Waals surface area contributed by atoms with E-state index in [1.54, 1.807) is 0 Å². The van der Waals surface area contributed by atoms with E-state index in [1.807, 2.05) is 18.2 Å². The average Bonchev–Trinajstić information content (AvgIpc) is 2.74. The van der Waals surface area contributed by atoms with Crippen molar-refractivity contribution in [1.82, 2.24) is 0 Å². The first kappa shape index (κ1) is 10.8. The lowest BCUT2D eigenvalue weighted by molar-refractivity contribution is 0.0994. The number of benzene rings is 1. The smallest absolute Gasteiger partial charge is 0.163 e. The molecule has 1 aromatic rings. The summed E-state index contributed by atoms with van der Waals surface area (Å²) in [5.74, 6) is 1.23. The minimum absolute atomic E-state index is 0.272. The van der Waals surface area contributed by atoms with Gasteiger partial charge in [0, 0.05) is 17.5 Å². The Labute approximate surface area is 102 Å². The molecule has 3 rings (SSSR count). The van der Waals surface area contributed by atoms with Crippen LogP contribution < -0.4 is 4.74 Å². The first-order valence-corrected chi connectivity index (χ1v) is 6.66. The Bertz CT molecular complexity index is 431. The quantitative estimate of drug-likeness (QED) is 0.777. The van der Waals surface area contributed by atoms with Crippen LogP contribution in [0.5, 0.6) is 5.75 Å². The predicted molar refractivity (Wildman–Crippen MR) is 66.6 cm³/mol. The van der Waals surface area contributed by atoms with Gasteiger partial charge in [-0.3, -0.25) is 4.79 Å². The molecule has 90 valence electrons. The maximum atomic E-state index is 11.7. The van der Waals surface area contributed by atoms with Crippen molar-refractivity contribution in [3.8, 4) is 5.75 Å². The lowest BCUT2D eigenvalue weighted by atomic mass is 9.97. The van der Waals surface area contributed by atoms with Gasteiger partial charge in [0.25, 0.3) is 0 Å². The molecule has 0 N–H and O–H groups in total.